The second-order valence-electron chi connectivity index (χ2n) is 8.59. The fourth-order valence-corrected chi connectivity index (χ4v) is 4.14. The minimum absolute atomic E-state index is 0.0473. The monoisotopic (exact) mass is 533 g/mol. The molecule has 38 heavy (non-hydrogen) atoms. The van der Waals surface area contributed by atoms with E-state index in [4.69, 9.17) is 14.4 Å². The van der Waals surface area contributed by atoms with E-state index in [-0.39, 0.29) is 36.1 Å². The molecule has 12 heteroatoms. The number of aromatic hydroxyl groups is 1. The van der Waals surface area contributed by atoms with Gasteiger partial charge in [0.25, 0.3) is 5.91 Å². The lowest BCUT2D eigenvalue weighted by Gasteiger charge is -2.24. The van der Waals surface area contributed by atoms with Gasteiger partial charge < -0.3 is 30.0 Å². The summed E-state index contributed by atoms with van der Waals surface area (Å²) in [7, 11) is 0. The molecule has 0 radical (unpaired) electrons. The molecule has 0 unspecified atom stereocenters. The van der Waals surface area contributed by atoms with Crippen molar-refractivity contribution in [3.05, 3.63) is 35.6 Å². The average Bonchev–Trinajstić information content (AvgIpc) is 3.38. The van der Waals surface area contributed by atoms with Gasteiger partial charge in [-0.25, -0.2) is 10.3 Å². The molecule has 2 rings (SSSR count). The zero-order valence-electron chi connectivity index (χ0n) is 21.7. The van der Waals surface area contributed by atoms with E-state index in [0.29, 0.717) is 18.4 Å². The van der Waals surface area contributed by atoms with Crippen LogP contribution in [-0.4, -0.2) is 52.4 Å². The van der Waals surface area contributed by atoms with Crippen molar-refractivity contribution >= 4 is 23.7 Å². The van der Waals surface area contributed by atoms with E-state index in [1.165, 1.54) is 24.3 Å². The molecular formula is C26H35N3O9. The minimum Gasteiger partial charge on any atom is -0.507 e. The number of ether oxygens (including phenoxy) is 1. The van der Waals surface area contributed by atoms with Crippen molar-refractivity contribution in [2.75, 3.05) is 13.3 Å². The molecule has 0 saturated heterocycles. The molecule has 3 amide bonds. The summed E-state index contributed by atoms with van der Waals surface area (Å²) in [6.07, 6.45) is 3.37. The van der Waals surface area contributed by atoms with Gasteiger partial charge in [0.05, 0.1) is 19.2 Å². The van der Waals surface area contributed by atoms with E-state index < -0.39 is 41.3 Å². The molecule has 1 heterocycles. The number of hydroxylamine groups is 1. The van der Waals surface area contributed by atoms with E-state index in [9.17, 15) is 29.4 Å². The quantitative estimate of drug-likeness (QED) is 0.0864. The van der Waals surface area contributed by atoms with Crippen LogP contribution in [0.25, 0.3) is 11.3 Å². The van der Waals surface area contributed by atoms with Crippen LogP contribution in [0, 0.1) is 11.8 Å². The van der Waals surface area contributed by atoms with Crippen molar-refractivity contribution in [2.45, 2.75) is 52.9 Å². The maximum atomic E-state index is 12.8. The number of carboxylic acids is 1. The number of nitrogens with one attached hydrogen (secondary N) is 3. The van der Waals surface area contributed by atoms with Gasteiger partial charge >= 0.3 is 5.97 Å². The molecular weight excluding hydrogens is 498 g/mol. The number of carboxylic acid groups (broad SMARTS) is 1. The van der Waals surface area contributed by atoms with Crippen LogP contribution in [0.15, 0.2) is 28.7 Å². The lowest BCUT2D eigenvalue weighted by atomic mass is 9.84. The van der Waals surface area contributed by atoms with E-state index in [0.717, 1.165) is 19.3 Å². The van der Waals surface area contributed by atoms with Crippen molar-refractivity contribution in [2.24, 2.45) is 11.8 Å². The summed E-state index contributed by atoms with van der Waals surface area (Å²) in [6.45, 7) is 5.39. The number of carbonyl (C=O) groups excluding carboxylic acids is 3. The van der Waals surface area contributed by atoms with Gasteiger partial charge in [0.15, 0.2) is 5.76 Å². The number of unbranched alkanes of at least 4 members (excludes halogenated alkanes) is 2. The summed E-state index contributed by atoms with van der Waals surface area (Å²) < 4.78 is 10.9. The summed E-state index contributed by atoms with van der Waals surface area (Å²) >= 11 is 0. The first-order valence-electron chi connectivity index (χ1n) is 12.5. The van der Waals surface area contributed by atoms with Crippen LogP contribution >= 0.6 is 0 Å². The zero-order chi connectivity index (χ0) is 28.2. The lowest BCUT2D eigenvalue weighted by molar-refractivity contribution is -0.140. The number of hydrogen-bond donors (Lipinski definition) is 6. The third-order valence-corrected chi connectivity index (χ3v) is 6.05. The Kier molecular flexibility index (Phi) is 11.6. The number of furan rings is 1. The second-order valence-corrected chi connectivity index (χ2v) is 8.59. The summed E-state index contributed by atoms with van der Waals surface area (Å²) in [5, 5.41) is 33.7. The number of phenols is 1. The van der Waals surface area contributed by atoms with Crippen LogP contribution in [0.1, 0.15) is 73.8 Å². The van der Waals surface area contributed by atoms with E-state index in [1.807, 2.05) is 6.92 Å². The molecule has 0 aliphatic rings. The van der Waals surface area contributed by atoms with E-state index >= 15 is 0 Å². The summed E-state index contributed by atoms with van der Waals surface area (Å²) in [4.78, 5) is 48.9. The Morgan fingerprint density at radius 2 is 1.74 bits per heavy atom. The highest BCUT2D eigenvalue weighted by molar-refractivity contribution is 5.96. The van der Waals surface area contributed by atoms with Gasteiger partial charge in [0, 0.05) is 11.5 Å². The number of rotatable bonds is 15. The fourth-order valence-electron chi connectivity index (χ4n) is 4.14. The van der Waals surface area contributed by atoms with Gasteiger partial charge in [-0.2, -0.15) is 0 Å². The van der Waals surface area contributed by atoms with Crippen molar-refractivity contribution in [3.63, 3.8) is 0 Å². The van der Waals surface area contributed by atoms with Crippen LogP contribution in [-0.2, 0) is 9.59 Å². The summed E-state index contributed by atoms with van der Waals surface area (Å²) in [5.41, 5.74) is 1.54. The second kappa shape index (κ2) is 14.6. The average molecular weight is 534 g/mol. The van der Waals surface area contributed by atoms with Crippen molar-refractivity contribution < 1.29 is 43.8 Å². The third-order valence-electron chi connectivity index (χ3n) is 6.05. The van der Waals surface area contributed by atoms with Crippen LogP contribution in [0.5, 0.6) is 11.5 Å². The van der Waals surface area contributed by atoms with E-state index in [1.54, 1.807) is 19.3 Å². The number of hydrogen-bond acceptors (Lipinski definition) is 8. The van der Waals surface area contributed by atoms with Crippen molar-refractivity contribution in [1.82, 2.24) is 16.1 Å². The van der Waals surface area contributed by atoms with Gasteiger partial charge in [-0.1, -0.05) is 33.1 Å². The molecule has 0 aliphatic carbocycles. The summed E-state index contributed by atoms with van der Waals surface area (Å²) in [5.74, 6) is -4.89. The Hall–Kier alpha value is -4.06. The number of benzene rings is 1. The Morgan fingerprint density at radius 3 is 2.34 bits per heavy atom. The Balaban J connectivity index is 2.08. The zero-order valence-corrected chi connectivity index (χ0v) is 21.7. The van der Waals surface area contributed by atoms with Gasteiger partial charge in [0.1, 0.15) is 22.8 Å². The smallest absolute Gasteiger partial charge is 0.343 e. The largest absolute Gasteiger partial charge is 0.507 e. The topological polar surface area (TPSA) is 187 Å². The van der Waals surface area contributed by atoms with Gasteiger partial charge in [0.2, 0.25) is 11.8 Å². The Bertz CT molecular complexity index is 1130. The highest BCUT2D eigenvalue weighted by atomic mass is 16.5. The Morgan fingerprint density at radius 1 is 1.00 bits per heavy atom. The first-order valence-corrected chi connectivity index (χ1v) is 12.5. The van der Waals surface area contributed by atoms with Crippen LogP contribution in [0.2, 0.25) is 0 Å². The first-order chi connectivity index (χ1) is 18.2. The van der Waals surface area contributed by atoms with Crippen LogP contribution < -0.4 is 20.9 Å². The van der Waals surface area contributed by atoms with Gasteiger partial charge in [-0.3, -0.25) is 19.6 Å². The molecule has 208 valence electrons. The Labute approximate surface area is 220 Å². The maximum absolute atomic E-state index is 12.8. The predicted molar refractivity (Wildman–Crippen MR) is 136 cm³/mol. The molecule has 12 nitrogen and oxygen atoms in total. The number of aromatic carboxylic acids is 1. The normalized spacial score (nSPS) is 12.3. The SMILES string of the molecule is CCCCC[C@@H](C(=O)NCNC(=O)c1ccc(-c2cc(O)c(C(=O)O)c(OCC)c2)o1)[C@@H](CC)C(=O)NO. The molecule has 1 aromatic carbocycles. The highest BCUT2D eigenvalue weighted by Crippen LogP contribution is 2.35. The number of carbonyl (C=O) groups is 4. The predicted octanol–water partition coefficient (Wildman–Crippen LogP) is 3.28. The first kappa shape index (κ1) is 30.2. The fraction of sp³-hybridized carbons (Fsp3) is 0.462. The molecule has 0 saturated carbocycles. The summed E-state index contributed by atoms with van der Waals surface area (Å²) in [6, 6.07) is 5.44. The number of amides is 3. The minimum atomic E-state index is -1.35. The van der Waals surface area contributed by atoms with Crippen LogP contribution in [0.3, 0.4) is 0 Å². The van der Waals surface area contributed by atoms with Crippen LogP contribution in [0.4, 0.5) is 0 Å². The maximum Gasteiger partial charge on any atom is 0.343 e. The third kappa shape index (κ3) is 7.72. The van der Waals surface area contributed by atoms with Crippen molar-refractivity contribution in [3.8, 4) is 22.8 Å². The standard InChI is InChI=1S/C26H35N3O9/c1-4-7-8-9-17(16(5-2)24(32)29-36)23(31)27-14-28-25(33)20-11-10-19(38-20)15-12-18(30)22(26(34)35)21(13-15)37-6-3/h10-13,16-17,30,36H,4-9,14H2,1-3H3,(H,27,31)(H,28,33)(H,29,32)(H,34,35)/t16-,17-/m1/s1. The van der Waals surface area contributed by atoms with Gasteiger partial charge in [-0.05, 0) is 44.0 Å². The molecule has 0 aliphatic heterocycles. The van der Waals surface area contributed by atoms with Gasteiger partial charge in [-0.15, -0.1) is 0 Å². The molecule has 0 spiro atoms. The molecule has 2 aromatic rings. The molecule has 1 aromatic heterocycles. The molecule has 2 atom stereocenters. The highest BCUT2D eigenvalue weighted by Gasteiger charge is 2.32. The molecule has 0 bridgehead atoms. The van der Waals surface area contributed by atoms with Crippen molar-refractivity contribution in [1.29, 1.82) is 0 Å². The lowest BCUT2D eigenvalue weighted by Crippen LogP contribution is -2.44. The molecule has 0 fully saturated rings. The van der Waals surface area contributed by atoms with E-state index in [2.05, 4.69) is 10.6 Å². The molecule has 6 N–H and O–H groups in total.